The van der Waals surface area contributed by atoms with Gasteiger partial charge in [0.05, 0.1) is 12.8 Å². The highest BCUT2D eigenvalue weighted by atomic mass is 16.5. The summed E-state index contributed by atoms with van der Waals surface area (Å²) in [5.74, 6) is 1.08. The number of pyridine rings is 1. The van der Waals surface area contributed by atoms with Crippen LogP contribution in [0.5, 0.6) is 5.75 Å². The van der Waals surface area contributed by atoms with Crippen molar-refractivity contribution in [2.75, 3.05) is 26.7 Å². The molecule has 1 amide bonds. The van der Waals surface area contributed by atoms with Crippen LogP contribution in [0.2, 0.25) is 0 Å². The van der Waals surface area contributed by atoms with E-state index in [0.29, 0.717) is 19.5 Å². The number of nitrogens with one attached hydrogen (secondary N) is 1. The maximum Gasteiger partial charge on any atom is 0.223 e. The number of ether oxygens (including phenoxy) is 1. The van der Waals surface area contributed by atoms with Gasteiger partial charge in [0.1, 0.15) is 5.75 Å². The van der Waals surface area contributed by atoms with Crippen LogP contribution in [0.3, 0.4) is 0 Å². The Hall–Kier alpha value is -1.62. The smallest absolute Gasteiger partial charge is 0.223 e. The molecule has 0 bridgehead atoms. The number of methoxy groups -OCH3 is 1. The van der Waals surface area contributed by atoms with Crippen molar-refractivity contribution in [2.24, 2.45) is 0 Å². The predicted molar refractivity (Wildman–Crippen MR) is 77.7 cm³/mol. The molecule has 1 saturated heterocycles. The maximum absolute atomic E-state index is 11.9. The number of carbonyl (C=O) groups excluding carboxylic acids is 1. The van der Waals surface area contributed by atoms with E-state index in [1.165, 1.54) is 0 Å². The second-order valence-corrected chi connectivity index (χ2v) is 5.15. The van der Waals surface area contributed by atoms with Crippen LogP contribution in [0.15, 0.2) is 12.1 Å². The van der Waals surface area contributed by atoms with Gasteiger partial charge in [0, 0.05) is 50.4 Å². The minimum absolute atomic E-state index is 0.254. The van der Waals surface area contributed by atoms with Crippen LogP contribution in [-0.4, -0.2) is 42.5 Å². The third kappa shape index (κ3) is 4.20. The van der Waals surface area contributed by atoms with Crippen molar-refractivity contribution in [3.8, 4) is 5.75 Å². The Morgan fingerprint density at radius 3 is 2.85 bits per heavy atom. The molecule has 1 aliphatic rings. The molecular formula is C15H23N3O2. The Labute approximate surface area is 120 Å². The Bertz CT molecular complexity index is 456. The number of carbonyl (C=O) groups is 1. The Balaban J connectivity index is 1.72. The SMILES string of the molecule is COc1cc(C)nc(CNCCC(=O)N2CCCC2)c1. The van der Waals surface area contributed by atoms with E-state index in [1.807, 2.05) is 24.0 Å². The van der Waals surface area contributed by atoms with Crippen LogP contribution in [0.4, 0.5) is 0 Å². The molecule has 0 aliphatic carbocycles. The monoisotopic (exact) mass is 277 g/mol. The van der Waals surface area contributed by atoms with E-state index in [1.54, 1.807) is 7.11 Å². The molecule has 20 heavy (non-hydrogen) atoms. The number of nitrogens with zero attached hydrogens (tertiary/aromatic N) is 2. The zero-order valence-electron chi connectivity index (χ0n) is 12.3. The summed E-state index contributed by atoms with van der Waals surface area (Å²) in [6.45, 7) is 5.15. The quantitative estimate of drug-likeness (QED) is 0.801. The largest absolute Gasteiger partial charge is 0.497 e. The first-order valence-electron chi connectivity index (χ1n) is 7.19. The van der Waals surface area contributed by atoms with Crippen molar-refractivity contribution in [2.45, 2.75) is 32.7 Å². The number of hydrogen-bond acceptors (Lipinski definition) is 4. The van der Waals surface area contributed by atoms with Crippen LogP contribution in [-0.2, 0) is 11.3 Å². The first kappa shape index (κ1) is 14.8. The molecule has 1 aromatic rings. The number of likely N-dealkylation sites (tertiary alicyclic amines) is 1. The lowest BCUT2D eigenvalue weighted by Crippen LogP contribution is -2.30. The van der Waals surface area contributed by atoms with E-state index in [-0.39, 0.29) is 5.91 Å². The Morgan fingerprint density at radius 1 is 1.40 bits per heavy atom. The number of amides is 1. The van der Waals surface area contributed by atoms with Crippen molar-refractivity contribution in [1.29, 1.82) is 0 Å². The molecule has 0 atom stereocenters. The van der Waals surface area contributed by atoms with Gasteiger partial charge in [-0.3, -0.25) is 9.78 Å². The summed E-state index contributed by atoms with van der Waals surface area (Å²) in [6.07, 6.45) is 2.85. The van der Waals surface area contributed by atoms with E-state index in [0.717, 1.165) is 43.1 Å². The lowest BCUT2D eigenvalue weighted by atomic mass is 10.3. The topological polar surface area (TPSA) is 54.5 Å². The first-order valence-corrected chi connectivity index (χ1v) is 7.19. The maximum atomic E-state index is 11.9. The van der Waals surface area contributed by atoms with Crippen molar-refractivity contribution < 1.29 is 9.53 Å². The first-order chi connectivity index (χ1) is 9.69. The molecular weight excluding hydrogens is 254 g/mol. The molecule has 2 heterocycles. The Kier molecular flexibility index (Phi) is 5.35. The van der Waals surface area contributed by atoms with Crippen molar-refractivity contribution in [3.63, 3.8) is 0 Å². The average Bonchev–Trinajstić information content (AvgIpc) is 2.97. The van der Waals surface area contributed by atoms with Gasteiger partial charge in [0.2, 0.25) is 5.91 Å². The average molecular weight is 277 g/mol. The van der Waals surface area contributed by atoms with E-state index in [2.05, 4.69) is 10.3 Å². The summed E-state index contributed by atoms with van der Waals surface area (Å²) in [4.78, 5) is 18.3. The zero-order valence-corrected chi connectivity index (χ0v) is 12.3. The van der Waals surface area contributed by atoms with Crippen molar-refractivity contribution >= 4 is 5.91 Å². The van der Waals surface area contributed by atoms with E-state index in [4.69, 9.17) is 4.74 Å². The van der Waals surface area contributed by atoms with E-state index in [9.17, 15) is 4.79 Å². The molecule has 0 saturated carbocycles. The van der Waals surface area contributed by atoms with Crippen molar-refractivity contribution in [1.82, 2.24) is 15.2 Å². The lowest BCUT2D eigenvalue weighted by Gasteiger charge is -2.15. The third-order valence-corrected chi connectivity index (χ3v) is 3.50. The summed E-state index contributed by atoms with van der Waals surface area (Å²) >= 11 is 0. The van der Waals surface area contributed by atoms with Gasteiger partial charge in [-0.05, 0) is 19.8 Å². The molecule has 0 radical (unpaired) electrons. The summed E-state index contributed by atoms with van der Waals surface area (Å²) < 4.78 is 5.22. The van der Waals surface area contributed by atoms with Crippen LogP contribution in [0.25, 0.3) is 0 Å². The molecule has 0 spiro atoms. The minimum Gasteiger partial charge on any atom is -0.497 e. The second kappa shape index (κ2) is 7.24. The molecule has 1 aromatic heterocycles. The molecule has 0 unspecified atom stereocenters. The van der Waals surface area contributed by atoms with Crippen LogP contribution >= 0.6 is 0 Å². The highest BCUT2D eigenvalue weighted by Crippen LogP contribution is 2.13. The predicted octanol–water partition coefficient (Wildman–Crippen LogP) is 1.50. The van der Waals surface area contributed by atoms with Gasteiger partial charge < -0.3 is 15.0 Å². The molecule has 5 heteroatoms. The van der Waals surface area contributed by atoms with Crippen LogP contribution in [0.1, 0.15) is 30.7 Å². The van der Waals surface area contributed by atoms with Crippen molar-refractivity contribution in [3.05, 3.63) is 23.5 Å². The lowest BCUT2D eigenvalue weighted by molar-refractivity contribution is -0.130. The highest BCUT2D eigenvalue weighted by molar-refractivity contribution is 5.76. The van der Waals surface area contributed by atoms with Gasteiger partial charge in [-0.25, -0.2) is 0 Å². The summed E-state index contributed by atoms with van der Waals surface area (Å²) in [6, 6.07) is 3.82. The summed E-state index contributed by atoms with van der Waals surface area (Å²) in [5, 5.41) is 3.27. The van der Waals surface area contributed by atoms with E-state index < -0.39 is 0 Å². The number of aryl methyl sites for hydroxylation is 1. The second-order valence-electron chi connectivity index (χ2n) is 5.15. The number of rotatable bonds is 6. The fraction of sp³-hybridized carbons (Fsp3) is 0.600. The van der Waals surface area contributed by atoms with Gasteiger partial charge >= 0.3 is 0 Å². The summed E-state index contributed by atoms with van der Waals surface area (Å²) in [7, 11) is 1.65. The number of hydrogen-bond donors (Lipinski definition) is 1. The normalized spacial score (nSPS) is 14.6. The third-order valence-electron chi connectivity index (χ3n) is 3.50. The highest BCUT2D eigenvalue weighted by Gasteiger charge is 2.16. The zero-order chi connectivity index (χ0) is 14.4. The minimum atomic E-state index is 0.254. The Morgan fingerprint density at radius 2 is 2.15 bits per heavy atom. The van der Waals surface area contributed by atoms with Gasteiger partial charge in [-0.1, -0.05) is 0 Å². The standard InChI is InChI=1S/C15H23N3O2/c1-12-9-14(20-2)10-13(17-12)11-16-6-5-15(19)18-7-3-4-8-18/h9-10,16H,3-8,11H2,1-2H3. The van der Waals surface area contributed by atoms with Crippen LogP contribution in [0, 0.1) is 6.92 Å². The van der Waals surface area contributed by atoms with Gasteiger partial charge in [0.25, 0.3) is 0 Å². The molecule has 5 nitrogen and oxygen atoms in total. The molecule has 110 valence electrons. The molecule has 0 aromatic carbocycles. The van der Waals surface area contributed by atoms with Gasteiger partial charge in [0.15, 0.2) is 0 Å². The molecule has 1 aliphatic heterocycles. The number of aromatic nitrogens is 1. The molecule has 1 fully saturated rings. The van der Waals surface area contributed by atoms with Gasteiger partial charge in [-0.15, -0.1) is 0 Å². The van der Waals surface area contributed by atoms with Gasteiger partial charge in [-0.2, -0.15) is 0 Å². The summed E-state index contributed by atoms with van der Waals surface area (Å²) in [5.41, 5.74) is 1.88. The molecule has 1 N–H and O–H groups in total. The fourth-order valence-electron chi connectivity index (χ4n) is 2.45. The fourth-order valence-corrected chi connectivity index (χ4v) is 2.45. The van der Waals surface area contributed by atoms with Crippen LogP contribution < -0.4 is 10.1 Å². The molecule has 2 rings (SSSR count). The van der Waals surface area contributed by atoms with E-state index >= 15 is 0 Å².